The van der Waals surface area contributed by atoms with Gasteiger partial charge >= 0.3 is 0 Å². The largest absolute Gasteiger partial charge is 0.383 e. The van der Waals surface area contributed by atoms with Crippen molar-refractivity contribution in [1.82, 2.24) is 0 Å². The highest BCUT2D eigenvalue weighted by molar-refractivity contribution is 5.56. The van der Waals surface area contributed by atoms with E-state index in [0.717, 1.165) is 12.8 Å². The molecule has 3 heteroatoms. The van der Waals surface area contributed by atoms with E-state index in [1.165, 1.54) is 0 Å². The van der Waals surface area contributed by atoms with Crippen LogP contribution in [0, 0.1) is 5.92 Å². The Kier molecular flexibility index (Phi) is 3.02. The van der Waals surface area contributed by atoms with Crippen molar-refractivity contribution in [3.8, 4) is 0 Å². The predicted octanol–water partition coefficient (Wildman–Crippen LogP) is 0.361. The molecule has 1 aliphatic rings. The Balaban J connectivity index is 2.46. The third-order valence-electron chi connectivity index (χ3n) is 2.15. The van der Waals surface area contributed by atoms with Crippen LogP contribution in [0.5, 0.6) is 0 Å². The second-order valence-electron chi connectivity index (χ2n) is 3.08. The van der Waals surface area contributed by atoms with E-state index in [1.54, 1.807) is 0 Å². The van der Waals surface area contributed by atoms with Crippen LogP contribution in [-0.4, -0.2) is 30.2 Å². The summed E-state index contributed by atoms with van der Waals surface area (Å²) in [5.74, 6) is 0.295. The summed E-state index contributed by atoms with van der Waals surface area (Å²) in [5.41, 5.74) is 0. The first-order chi connectivity index (χ1) is 5.25. The van der Waals surface area contributed by atoms with Gasteiger partial charge in [0.05, 0.1) is 6.10 Å². The van der Waals surface area contributed by atoms with E-state index < -0.39 is 6.10 Å². The standard InChI is InChI=1S/C8H14O3/c1-6-3-2-4-11-8(6)7(10)5-9/h5-8,10H,2-4H2,1H3/t6?,7-,8?/m0/s1. The normalized spacial score (nSPS) is 34.7. The minimum atomic E-state index is -0.940. The number of hydrogen-bond acceptors (Lipinski definition) is 3. The zero-order chi connectivity index (χ0) is 8.27. The van der Waals surface area contributed by atoms with Gasteiger partial charge in [0.1, 0.15) is 6.10 Å². The molecule has 1 fully saturated rings. The third kappa shape index (κ3) is 2.01. The molecule has 0 amide bonds. The van der Waals surface area contributed by atoms with Gasteiger partial charge in [0, 0.05) is 6.61 Å². The van der Waals surface area contributed by atoms with Crippen LogP contribution in [0.1, 0.15) is 19.8 Å². The minimum Gasteiger partial charge on any atom is -0.383 e. The highest BCUT2D eigenvalue weighted by Crippen LogP contribution is 2.21. The zero-order valence-corrected chi connectivity index (χ0v) is 6.69. The van der Waals surface area contributed by atoms with Gasteiger partial charge in [0.2, 0.25) is 0 Å². The van der Waals surface area contributed by atoms with Crippen LogP contribution in [0.25, 0.3) is 0 Å². The summed E-state index contributed by atoms with van der Waals surface area (Å²) in [6.45, 7) is 2.66. The first-order valence-electron chi connectivity index (χ1n) is 4.00. The lowest BCUT2D eigenvalue weighted by molar-refractivity contribution is -0.131. The molecule has 1 aliphatic heterocycles. The van der Waals surface area contributed by atoms with Gasteiger partial charge < -0.3 is 14.6 Å². The average molecular weight is 158 g/mol. The Labute approximate surface area is 66.4 Å². The van der Waals surface area contributed by atoms with Crippen LogP contribution in [0.3, 0.4) is 0 Å². The fourth-order valence-electron chi connectivity index (χ4n) is 1.47. The van der Waals surface area contributed by atoms with Gasteiger partial charge in [0.25, 0.3) is 0 Å². The van der Waals surface area contributed by atoms with Gasteiger partial charge in [0.15, 0.2) is 6.29 Å². The second-order valence-corrected chi connectivity index (χ2v) is 3.08. The lowest BCUT2D eigenvalue weighted by atomic mass is 9.93. The molecular weight excluding hydrogens is 144 g/mol. The first kappa shape index (κ1) is 8.68. The van der Waals surface area contributed by atoms with E-state index in [0.29, 0.717) is 18.8 Å². The molecule has 11 heavy (non-hydrogen) atoms. The number of aldehydes is 1. The lowest BCUT2D eigenvalue weighted by Crippen LogP contribution is -2.39. The molecule has 1 N–H and O–H groups in total. The van der Waals surface area contributed by atoms with Crippen LogP contribution in [-0.2, 0) is 9.53 Å². The SMILES string of the molecule is CC1CCCOC1[C@@H](O)C=O. The summed E-state index contributed by atoms with van der Waals surface area (Å²) in [6, 6.07) is 0. The van der Waals surface area contributed by atoms with E-state index in [2.05, 4.69) is 0 Å². The summed E-state index contributed by atoms with van der Waals surface area (Å²) in [7, 11) is 0. The van der Waals surface area contributed by atoms with Crippen molar-refractivity contribution in [3.63, 3.8) is 0 Å². The van der Waals surface area contributed by atoms with Crippen LogP contribution >= 0.6 is 0 Å². The quantitative estimate of drug-likeness (QED) is 0.590. The summed E-state index contributed by atoms with van der Waals surface area (Å²) in [4.78, 5) is 10.2. The van der Waals surface area contributed by atoms with Crippen molar-refractivity contribution >= 4 is 6.29 Å². The summed E-state index contributed by atoms with van der Waals surface area (Å²) < 4.78 is 5.26. The molecule has 2 unspecified atom stereocenters. The number of rotatable bonds is 2. The van der Waals surface area contributed by atoms with Crippen molar-refractivity contribution in [3.05, 3.63) is 0 Å². The number of hydrogen-bond donors (Lipinski definition) is 1. The molecule has 0 aromatic heterocycles. The Hall–Kier alpha value is -0.410. The van der Waals surface area contributed by atoms with Gasteiger partial charge in [-0.15, -0.1) is 0 Å². The molecule has 0 bridgehead atoms. The maximum Gasteiger partial charge on any atom is 0.151 e. The molecule has 0 aliphatic carbocycles. The van der Waals surface area contributed by atoms with Crippen molar-refractivity contribution in [2.45, 2.75) is 32.0 Å². The van der Waals surface area contributed by atoms with Gasteiger partial charge in [-0.05, 0) is 18.8 Å². The van der Waals surface area contributed by atoms with Gasteiger partial charge in [-0.1, -0.05) is 6.92 Å². The van der Waals surface area contributed by atoms with E-state index in [9.17, 15) is 4.79 Å². The molecule has 0 spiro atoms. The molecule has 1 heterocycles. The Morgan fingerprint density at radius 3 is 3.00 bits per heavy atom. The van der Waals surface area contributed by atoms with Crippen molar-refractivity contribution in [2.24, 2.45) is 5.92 Å². The fourth-order valence-corrected chi connectivity index (χ4v) is 1.47. The third-order valence-corrected chi connectivity index (χ3v) is 2.15. The number of carbonyl (C=O) groups is 1. The van der Waals surface area contributed by atoms with Crippen molar-refractivity contribution in [2.75, 3.05) is 6.61 Å². The fraction of sp³-hybridized carbons (Fsp3) is 0.875. The first-order valence-corrected chi connectivity index (χ1v) is 4.00. The van der Waals surface area contributed by atoms with Crippen molar-refractivity contribution in [1.29, 1.82) is 0 Å². The Bertz CT molecular complexity index is 135. The van der Waals surface area contributed by atoms with E-state index in [1.807, 2.05) is 6.92 Å². The molecule has 1 saturated heterocycles. The van der Waals surface area contributed by atoms with E-state index in [-0.39, 0.29) is 6.10 Å². The summed E-state index contributed by atoms with van der Waals surface area (Å²) in [5, 5.41) is 9.16. The van der Waals surface area contributed by atoms with Crippen LogP contribution in [0.15, 0.2) is 0 Å². The molecule has 3 nitrogen and oxygen atoms in total. The summed E-state index contributed by atoms with van der Waals surface area (Å²) in [6.07, 6.45) is 1.40. The van der Waals surface area contributed by atoms with Crippen LogP contribution in [0.4, 0.5) is 0 Å². The van der Waals surface area contributed by atoms with Gasteiger partial charge in [-0.2, -0.15) is 0 Å². The Morgan fingerprint density at radius 2 is 2.45 bits per heavy atom. The average Bonchev–Trinajstić information content (AvgIpc) is 2.04. The van der Waals surface area contributed by atoms with Crippen molar-refractivity contribution < 1.29 is 14.6 Å². The second kappa shape index (κ2) is 3.83. The number of carbonyl (C=O) groups excluding carboxylic acids is 1. The zero-order valence-electron chi connectivity index (χ0n) is 6.69. The minimum absolute atomic E-state index is 0.277. The lowest BCUT2D eigenvalue weighted by Gasteiger charge is -2.30. The molecule has 0 aromatic rings. The molecule has 64 valence electrons. The monoisotopic (exact) mass is 158 g/mol. The smallest absolute Gasteiger partial charge is 0.151 e. The van der Waals surface area contributed by atoms with E-state index in [4.69, 9.17) is 9.84 Å². The van der Waals surface area contributed by atoms with Gasteiger partial charge in [-0.25, -0.2) is 0 Å². The highest BCUT2D eigenvalue weighted by atomic mass is 16.5. The number of ether oxygens (including phenoxy) is 1. The topological polar surface area (TPSA) is 46.5 Å². The molecule has 0 radical (unpaired) electrons. The van der Waals surface area contributed by atoms with Gasteiger partial charge in [-0.3, -0.25) is 0 Å². The molecule has 1 rings (SSSR count). The molecular formula is C8H14O3. The molecule has 3 atom stereocenters. The highest BCUT2D eigenvalue weighted by Gasteiger charge is 2.28. The summed E-state index contributed by atoms with van der Waals surface area (Å²) >= 11 is 0. The maximum absolute atomic E-state index is 10.2. The predicted molar refractivity (Wildman–Crippen MR) is 40.2 cm³/mol. The molecule has 0 saturated carbocycles. The maximum atomic E-state index is 10.2. The van der Waals surface area contributed by atoms with Crippen LogP contribution < -0.4 is 0 Å². The Morgan fingerprint density at radius 1 is 1.73 bits per heavy atom. The molecule has 0 aromatic carbocycles. The number of aliphatic hydroxyl groups excluding tert-OH is 1. The number of aliphatic hydroxyl groups is 1. The van der Waals surface area contributed by atoms with Crippen LogP contribution in [0.2, 0.25) is 0 Å². The van der Waals surface area contributed by atoms with E-state index >= 15 is 0 Å².